The van der Waals surface area contributed by atoms with Crippen LogP contribution >= 0.6 is 0 Å². The summed E-state index contributed by atoms with van der Waals surface area (Å²) < 4.78 is 0. The Morgan fingerprint density at radius 3 is 2.56 bits per heavy atom. The van der Waals surface area contributed by atoms with E-state index in [0.29, 0.717) is 0 Å². The molecule has 3 heterocycles. The fourth-order valence-corrected chi connectivity index (χ4v) is 2.28. The lowest BCUT2D eigenvalue weighted by Gasteiger charge is -2.33. The van der Waals surface area contributed by atoms with E-state index in [-0.39, 0.29) is 0 Å². The van der Waals surface area contributed by atoms with E-state index in [0.717, 1.165) is 43.3 Å². The molecule has 1 aliphatic rings. The third kappa shape index (κ3) is 2.24. The standard InChI is InChI=1S/C14H18N4/c1-17-7-9-18(10-8-17)14-5-4-12(11-16-14)13-3-2-6-15-13/h2-6,11,15H,7-10H2,1H3. The molecule has 0 unspecified atom stereocenters. The monoisotopic (exact) mass is 242 g/mol. The molecule has 1 fully saturated rings. The van der Waals surface area contributed by atoms with Crippen molar-refractivity contribution < 1.29 is 0 Å². The quantitative estimate of drug-likeness (QED) is 0.872. The summed E-state index contributed by atoms with van der Waals surface area (Å²) >= 11 is 0. The predicted octanol–water partition coefficient (Wildman–Crippen LogP) is 1.83. The van der Waals surface area contributed by atoms with Crippen LogP contribution < -0.4 is 4.90 Å². The topological polar surface area (TPSA) is 35.2 Å². The largest absolute Gasteiger partial charge is 0.361 e. The van der Waals surface area contributed by atoms with Crippen LogP contribution in [0.3, 0.4) is 0 Å². The average molecular weight is 242 g/mol. The number of rotatable bonds is 2. The zero-order valence-corrected chi connectivity index (χ0v) is 10.6. The molecule has 0 atom stereocenters. The third-order valence-electron chi connectivity index (χ3n) is 3.48. The van der Waals surface area contributed by atoms with E-state index in [1.807, 2.05) is 18.5 Å². The molecule has 0 amide bonds. The normalized spacial score (nSPS) is 17.1. The van der Waals surface area contributed by atoms with E-state index in [2.05, 4.69) is 45.0 Å². The lowest BCUT2D eigenvalue weighted by Crippen LogP contribution is -2.44. The van der Waals surface area contributed by atoms with Crippen LogP contribution in [0.4, 0.5) is 5.82 Å². The second-order valence-electron chi connectivity index (χ2n) is 4.78. The van der Waals surface area contributed by atoms with Crippen LogP contribution in [0.15, 0.2) is 36.7 Å². The molecular weight excluding hydrogens is 224 g/mol. The van der Waals surface area contributed by atoms with E-state index in [9.17, 15) is 0 Å². The van der Waals surface area contributed by atoms with Crippen LogP contribution in [-0.4, -0.2) is 48.1 Å². The fraction of sp³-hybridized carbons (Fsp3) is 0.357. The number of nitrogens with one attached hydrogen (secondary N) is 1. The molecule has 1 aliphatic heterocycles. The molecule has 1 N–H and O–H groups in total. The third-order valence-corrected chi connectivity index (χ3v) is 3.48. The molecule has 0 radical (unpaired) electrons. The first-order chi connectivity index (χ1) is 8.83. The van der Waals surface area contributed by atoms with E-state index in [1.165, 1.54) is 0 Å². The van der Waals surface area contributed by atoms with Gasteiger partial charge in [0.25, 0.3) is 0 Å². The predicted molar refractivity (Wildman–Crippen MR) is 73.7 cm³/mol. The zero-order valence-electron chi connectivity index (χ0n) is 10.6. The minimum atomic E-state index is 1.06. The van der Waals surface area contributed by atoms with Gasteiger partial charge in [0.15, 0.2) is 0 Å². The number of aromatic amines is 1. The summed E-state index contributed by atoms with van der Waals surface area (Å²) in [5.74, 6) is 1.08. The number of nitrogens with zero attached hydrogens (tertiary/aromatic N) is 3. The van der Waals surface area contributed by atoms with Crippen molar-refractivity contribution >= 4 is 5.82 Å². The molecule has 18 heavy (non-hydrogen) atoms. The maximum atomic E-state index is 4.57. The number of pyridine rings is 1. The van der Waals surface area contributed by atoms with Gasteiger partial charge in [-0.3, -0.25) is 0 Å². The number of aromatic nitrogens is 2. The van der Waals surface area contributed by atoms with Gasteiger partial charge in [-0.05, 0) is 31.3 Å². The molecule has 3 rings (SSSR count). The van der Waals surface area contributed by atoms with Gasteiger partial charge in [0.2, 0.25) is 0 Å². The van der Waals surface area contributed by atoms with Gasteiger partial charge in [0, 0.05) is 49.8 Å². The van der Waals surface area contributed by atoms with Crippen molar-refractivity contribution in [3.63, 3.8) is 0 Å². The number of likely N-dealkylation sites (N-methyl/N-ethyl adjacent to an activating group) is 1. The molecule has 0 aromatic carbocycles. The van der Waals surface area contributed by atoms with Crippen molar-refractivity contribution in [2.75, 3.05) is 38.1 Å². The minimum absolute atomic E-state index is 1.06. The van der Waals surface area contributed by atoms with Crippen LogP contribution in [0.5, 0.6) is 0 Å². The van der Waals surface area contributed by atoms with Gasteiger partial charge in [-0.2, -0.15) is 0 Å². The Morgan fingerprint density at radius 2 is 1.94 bits per heavy atom. The van der Waals surface area contributed by atoms with Gasteiger partial charge in [0.1, 0.15) is 5.82 Å². The SMILES string of the molecule is CN1CCN(c2ccc(-c3ccc[nH]3)cn2)CC1. The Bertz CT molecular complexity index is 481. The molecule has 2 aromatic heterocycles. The summed E-state index contributed by atoms with van der Waals surface area (Å²) in [6.07, 6.45) is 3.88. The van der Waals surface area contributed by atoms with Gasteiger partial charge < -0.3 is 14.8 Å². The van der Waals surface area contributed by atoms with Gasteiger partial charge in [-0.25, -0.2) is 4.98 Å². The Labute approximate surface area is 107 Å². The number of anilines is 1. The molecule has 0 bridgehead atoms. The van der Waals surface area contributed by atoms with Crippen LogP contribution in [-0.2, 0) is 0 Å². The maximum absolute atomic E-state index is 4.57. The summed E-state index contributed by atoms with van der Waals surface area (Å²) in [4.78, 5) is 12.5. The van der Waals surface area contributed by atoms with Crippen LogP contribution in [0, 0.1) is 0 Å². The van der Waals surface area contributed by atoms with Crippen molar-refractivity contribution in [3.05, 3.63) is 36.7 Å². The Kier molecular flexibility index (Phi) is 3.02. The van der Waals surface area contributed by atoms with Gasteiger partial charge in [0.05, 0.1) is 0 Å². The van der Waals surface area contributed by atoms with Crippen LogP contribution in [0.25, 0.3) is 11.3 Å². The highest BCUT2D eigenvalue weighted by atomic mass is 15.3. The molecule has 4 heteroatoms. The molecule has 2 aromatic rings. The van der Waals surface area contributed by atoms with E-state index in [1.54, 1.807) is 0 Å². The van der Waals surface area contributed by atoms with Crippen molar-refractivity contribution in [1.29, 1.82) is 0 Å². The lowest BCUT2D eigenvalue weighted by atomic mass is 10.2. The van der Waals surface area contributed by atoms with Crippen LogP contribution in [0.1, 0.15) is 0 Å². The molecule has 94 valence electrons. The molecule has 0 aliphatic carbocycles. The van der Waals surface area contributed by atoms with E-state index in [4.69, 9.17) is 0 Å². The maximum Gasteiger partial charge on any atom is 0.128 e. The second-order valence-corrected chi connectivity index (χ2v) is 4.78. The first-order valence-corrected chi connectivity index (χ1v) is 6.36. The van der Waals surface area contributed by atoms with Crippen molar-refractivity contribution in [2.45, 2.75) is 0 Å². The highest BCUT2D eigenvalue weighted by molar-refractivity contribution is 5.60. The lowest BCUT2D eigenvalue weighted by molar-refractivity contribution is 0.312. The van der Waals surface area contributed by atoms with Crippen molar-refractivity contribution in [2.24, 2.45) is 0 Å². The summed E-state index contributed by atoms with van der Waals surface area (Å²) in [5, 5.41) is 0. The number of piperazine rings is 1. The number of hydrogen-bond acceptors (Lipinski definition) is 3. The van der Waals surface area contributed by atoms with Crippen molar-refractivity contribution in [1.82, 2.24) is 14.9 Å². The minimum Gasteiger partial charge on any atom is -0.361 e. The first kappa shape index (κ1) is 11.3. The van der Waals surface area contributed by atoms with Gasteiger partial charge in [-0.1, -0.05) is 0 Å². The summed E-state index contributed by atoms with van der Waals surface area (Å²) in [5.41, 5.74) is 2.25. The molecule has 1 saturated heterocycles. The van der Waals surface area contributed by atoms with E-state index < -0.39 is 0 Å². The Hall–Kier alpha value is -1.81. The average Bonchev–Trinajstić information content (AvgIpc) is 2.94. The second kappa shape index (κ2) is 4.82. The fourth-order valence-electron chi connectivity index (χ4n) is 2.28. The van der Waals surface area contributed by atoms with Crippen LogP contribution in [0.2, 0.25) is 0 Å². The number of hydrogen-bond donors (Lipinski definition) is 1. The zero-order chi connectivity index (χ0) is 12.4. The summed E-state index contributed by atoms with van der Waals surface area (Å²) in [7, 11) is 2.17. The highest BCUT2D eigenvalue weighted by Crippen LogP contribution is 2.19. The number of H-pyrrole nitrogens is 1. The smallest absolute Gasteiger partial charge is 0.128 e. The Morgan fingerprint density at radius 1 is 1.11 bits per heavy atom. The van der Waals surface area contributed by atoms with Gasteiger partial charge >= 0.3 is 0 Å². The van der Waals surface area contributed by atoms with E-state index >= 15 is 0 Å². The molecule has 0 saturated carbocycles. The highest BCUT2D eigenvalue weighted by Gasteiger charge is 2.14. The van der Waals surface area contributed by atoms with Crippen molar-refractivity contribution in [3.8, 4) is 11.3 Å². The molecule has 4 nitrogen and oxygen atoms in total. The Balaban J connectivity index is 1.75. The van der Waals surface area contributed by atoms with Gasteiger partial charge in [-0.15, -0.1) is 0 Å². The molecule has 0 spiro atoms. The summed E-state index contributed by atoms with van der Waals surface area (Å²) in [6.45, 7) is 4.34. The first-order valence-electron chi connectivity index (χ1n) is 6.36. The molecular formula is C14H18N4. The summed E-state index contributed by atoms with van der Waals surface area (Å²) in [6, 6.07) is 8.31.